The van der Waals surface area contributed by atoms with Crippen LogP contribution in [0.2, 0.25) is 0 Å². The summed E-state index contributed by atoms with van der Waals surface area (Å²) in [4.78, 5) is 14.8. The van der Waals surface area contributed by atoms with Crippen LogP contribution in [0.25, 0.3) is 10.9 Å². The highest BCUT2D eigenvalue weighted by Gasteiger charge is 2.19. The van der Waals surface area contributed by atoms with E-state index in [2.05, 4.69) is 15.6 Å². The Morgan fingerprint density at radius 2 is 2.10 bits per heavy atom. The average Bonchev–Trinajstić information content (AvgIpc) is 3.30. The highest BCUT2D eigenvalue weighted by atomic mass is 16.6. The summed E-state index contributed by atoms with van der Waals surface area (Å²) in [6.45, 7) is 1.89. The van der Waals surface area contributed by atoms with Gasteiger partial charge in [0.25, 0.3) is 5.69 Å². The summed E-state index contributed by atoms with van der Waals surface area (Å²) in [5.74, 6) is 0.808. The summed E-state index contributed by atoms with van der Waals surface area (Å²) in [7, 11) is 0. The molecule has 0 bridgehead atoms. The first-order chi connectivity index (χ1) is 10.2. The monoisotopic (exact) mass is 286 g/mol. The smallest absolute Gasteiger partial charge is 0.270 e. The number of nitro groups is 1. The summed E-state index contributed by atoms with van der Waals surface area (Å²) in [5, 5.41) is 18.3. The number of nitro benzene ring substituents is 1. The second-order valence-corrected chi connectivity index (χ2v) is 5.34. The summed E-state index contributed by atoms with van der Waals surface area (Å²) in [6.07, 6.45) is 3.67. The zero-order valence-electron chi connectivity index (χ0n) is 11.7. The number of non-ortho nitro benzene ring substituents is 1. The largest absolute Gasteiger partial charge is 0.370 e. The van der Waals surface area contributed by atoms with Gasteiger partial charge >= 0.3 is 0 Å². The van der Waals surface area contributed by atoms with Gasteiger partial charge in [0, 0.05) is 30.1 Å². The second kappa shape index (κ2) is 6.05. The number of hydrogen-bond donors (Lipinski definition) is 2. The Kier molecular flexibility index (Phi) is 3.96. The molecule has 110 valence electrons. The van der Waals surface area contributed by atoms with Crippen molar-refractivity contribution in [3.63, 3.8) is 0 Å². The molecule has 1 heterocycles. The van der Waals surface area contributed by atoms with Gasteiger partial charge in [0.1, 0.15) is 5.82 Å². The minimum atomic E-state index is -0.390. The molecule has 0 radical (unpaired) electrons. The van der Waals surface area contributed by atoms with Gasteiger partial charge in [-0.3, -0.25) is 10.1 Å². The van der Waals surface area contributed by atoms with Gasteiger partial charge in [-0.05, 0) is 44.0 Å². The number of nitrogens with one attached hydrogen (secondary N) is 2. The average molecular weight is 286 g/mol. The lowest BCUT2D eigenvalue weighted by molar-refractivity contribution is -0.384. The van der Waals surface area contributed by atoms with E-state index in [1.54, 1.807) is 12.1 Å². The molecule has 2 aromatic rings. The Labute approximate surface area is 122 Å². The molecule has 6 heteroatoms. The van der Waals surface area contributed by atoms with Crippen molar-refractivity contribution in [3.05, 3.63) is 40.4 Å². The fraction of sp³-hybridized carbons (Fsp3) is 0.400. The van der Waals surface area contributed by atoms with Crippen LogP contribution in [0.4, 0.5) is 11.5 Å². The maximum atomic E-state index is 10.7. The minimum absolute atomic E-state index is 0.0937. The molecule has 0 atom stereocenters. The van der Waals surface area contributed by atoms with Crippen molar-refractivity contribution < 1.29 is 4.92 Å². The van der Waals surface area contributed by atoms with Crippen molar-refractivity contribution in [2.75, 3.05) is 18.4 Å². The van der Waals surface area contributed by atoms with E-state index in [1.807, 2.05) is 12.1 Å². The van der Waals surface area contributed by atoms with Gasteiger partial charge in [0.05, 0.1) is 10.4 Å². The fourth-order valence-electron chi connectivity index (χ4n) is 2.22. The molecule has 3 rings (SSSR count). The van der Waals surface area contributed by atoms with Gasteiger partial charge in [-0.2, -0.15) is 0 Å². The molecular weight excluding hydrogens is 268 g/mol. The molecule has 1 saturated carbocycles. The number of anilines is 1. The van der Waals surface area contributed by atoms with Gasteiger partial charge in [0.15, 0.2) is 0 Å². The Morgan fingerprint density at radius 1 is 1.24 bits per heavy atom. The molecule has 1 aliphatic carbocycles. The number of nitrogens with zero attached hydrogens (tertiary/aromatic N) is 2. The molecule has 0 saturated heterocycles. The lowest BCUT2D eigenvalue weighted by atomic mass is 10.2. The van der Waals surface area contributed by atoms with Crippen LogP contribution in [-0.4, -0.2) is 29.0 Å². The van der Waals surface area contributed by atoms with E-state index < -0.39 is 4.92 Å². The summed E-state index contributed by atoms with van der Waals surface area (Å²) < 4.78 is 0. The maximum Gasteiger partial charge on any atom is 0.270 e. The third kappa shape index (κ3) is 3.66. The molecule has 0 aliphatic heterocycles. The van der Waals surface area contributed by atoms with E-state index in [1.165, 1.54) is 18.9 Å². The maximum absolute atomic E-state index is 10.7. The molecule has 1 aromatic heterocycles. The zero-order chi connectivity index (χ0) is 14.7. The quantitative estimate of drug-likeness (QED) is 0.465. The highest BCUT2D eigenvalue weighted by Crippen LogP contribution is 2.21. The molecule has 6 nitrogen and oxygen atoms in total. The predicted octanol–water partition coefficient (Wildman–Crippen LogP) is 2.70. The first-order valence-electron chi connectivity index (χ1n) is 7.25. The van der Waals surface area contributed by atoms with Crippen molar-refractivity contribution in [3.8, 4) is 0 Å². The number of pyridine rings is 1. The van der Waals surface area contributed by atoms with E-state index in [0.717, 1.165) is 42.3 Å². The number of hydrogen-bond acceptors (Lipinski definition) is 5. The SMILES string of the molecule is O=[N+]([O-])c1ccc2nc(NCCCNC3CC3)ccc2c1. The summed E-state index contributed by atoms with van der Waals surface area (Å²) in [5.41, 5.74) is 0.859. The van der Waals surface area contributed by atoms with Crippen molar-refractivity contribution >= 4 is 22.4 Å². The van der Waals surface area contributed by atoms with Gasteiger partial charge in [-0.1, -0.05) is 0 Å². The molecule has 0 spiro atoms. The fourth-order valence-corrected chi connectivity index (χ4v) is 2.22. The topological polar surface area (TPSA) is 80.1 Å². The van der Waals surface area contributed by atoms with E-state index in [4.69, 9.17) is 0 Å². The van der Waals surface area contributed by atoms with Crippen LogP contribution in [0, 0.1) is 10.1 Å². The van der Waals surface area contributed by atoms with Crippen LogP contribution < -0.4 is 10.6 Å². The van der Waals surface area contributed by atoms with E-state index >= 15 is 0 Å². The lowest BCUT2D eigenvalue weighted by Crippen LogP contribution is -2.20. The Bertz CT molecular complexity index is 655. The van der Waals surface area contributed by atoms with Gasteiger partial charge in [-0.15, -0.1) is 0 Å². The van der Waals surface area contributed by atoms with Crippen molar-refractivity contribution in [2.24, 2.45) is 0 Å². The van der Waals surface area contributed by atoms with Crippen LogP contribution in [0.1, 0.15) is 19.3 Å². The highest BCUT2D eigenvalue weighted by molar-refractivity contribution is 5.82. The Morgan fingerprint density at radius 3 is 2.86 bits per heavy atom. The Balaban J connectivity index is 1.58. The van der Waals surface area contributed by atoms with Crippen molar-refractivity contribution in [2.45, 2.75) is 25.3 Å². The van der Waals surface area contributed by atoms with E-state index in [9.17, 15) is 10.1 Å². The van der Waals surface area contributed by atoms with Crippen LogP contribution in [0.3, 0.4) is 0 Å². The standard InChI is InChI=1S/C15H18N4O2/c20-19(21)13-5-6-14-11(10-13)2-7-15(18-14)17-9-1-8-16-12-3-4-12/h2,5-7,10,12,16H,1,3-4,8-9H2,(H,17,18). The van der Waals surface area contributed by atoms with Gasteiger partial charge in [-0.25, -0.2) is 4.98 Å². The molecule has 0 unspecified atom stereocenters. The number of aromatic nitrogens is 1. The molecule has 1 aromatic carbocycles. The number of rotatable bonds is 7. The molecular formula is C15H18N4O2. The third-order valence-corrected chi connectivity index (χ3v) is 3.55. The molecule has 0 amide bonds. The minimum Gasteiger partial charge on any atom is -0.370 e. The molecule has 1 aliphatic rings. The van der Waals surface area contributed by atoms with Crippen LogP contribution in [-0.2, 0) is 0 Å². The van der Waals surface area contributed by atoms with Crippen LogP contribution in [0.5, 0.6) is 0 Å². The number of benzene rings is 1. The number of fused-ring (bicyclic) bond motifs is 1. The predicted molar refractivity (Wildman–Crippen MR) is 82.5 cm³/mol. The summed E-state index contributed by atoms with van der Waals surface area (Å²) in [6, 6.07) is 9.19. The second-order valence-electron chi connectivity index (χ2n) is 5.34. The van der Waals surface area contributed by atoms with Crippen molar-refractivity contribution in [1.82, 2.24) is 10.3 Å². The van der Waals surface area contributed by atoms with Crippen LogP contribution in [0.15, 0.2) is 30.3 Å². The van der Waals surface area contributed by atoms with E-state index in [-0.39, 0.29) is 5.69 Å². The summed E-state index contributed by atoms with van der Waals surface area (Å²) >= 11 is 0. The van der Waals surface area contributed by atoms with E-state index in [0.29, 0.717) is 0 Å². The third-order valence-electron chi connectivity index (χ3n) is 3.55. The lowest BCUT2D eigenvalue weighted by Gasteiger charge is -2.07. The molecule has 2 N–H and O–H groups in total. The zero-order valence-corrected chi connectivity index (χ0v) is 11.7. The Hall–Kier alpha value is -2.21. The normalized spacial score (nSPS) is 14.3. The molecule has 1 fully saturated rings. The van der Waals surface area contributed by atoms with Gasteiger partial charge in [0.2, 0.25) is 0 Å². The first kappa shape index (κ1) is 13.8. The van der Waals surface area contributed by atoms with Crippen LogP contribution >= 0.6 is 0 Å². The first-order valence-corrected chi connectivity index (χ1v) is 7.25. The van der Waals surface area contributed by atoms with Gasteiger partial charge < -0.3 is 10.6 Å². The molecule has 21 heavy (non-hydrogen) atoms. The van der Waals surface area contributed by atoms with Crippen molar-refractivity contribution in [1.29, 1.82) is 0 Å².